The quantitative estimate of drug-likeness (QED) is 0.788. The molecular formula is C10H9ClN2O4S. The Bertz CT molecular complexity index is 513. The van der Waals surface area contributed by atoms with Crippen LogP contribution < -0.4 is 0 Å². The first-order valence-corrected chi connectivity index (χ1v) is 5.83. The number of thiophene rings is 1. The molecule has 0 aromatic carbocycles. The summed E-state index contributed by atoms with van der Waals surface area (Å²) in [5, 5.41) is 22.7. The minimum atomic E-state index is -1.00. The van der Waals surface area contributed by atoms with Crippen molar-refractivity contribution in [3.8, 4) is 0 Å². The summed E-state index contributed by atoms with van der Waals surface area (Å²) in [7, 11) is 0. The Balaban J connectivity index is 0.000000180. The Morgan fingerprint density at radius 3 is 2.22 bits per heavy atom. The second kappa shape index (κ2) is 6.18. The fourth-order valence-corrected chi connectivity index (χ4v) is 1.84. The molecule has 3 N–H and O–H groups in total. The van der Waals surface area contributed by atoms with Crippen molar-refractivity contribution in [1.82, 2.24) is 10.2 Å². The van der Waals surface area contributed by atoms with Gasteiger partial charge < -0.3 is 10.2 Å². The van der Waals surface area contributed by atoms with E-state index in [0.717, 1.165) is 17.0 Å². The second-order valence-electron chi connectivity index (χ2n) is 3.15. The van der Waals surface area contributed by atoms with E-state index in [2.05, 4.69) is 10.2 Å². The van der Waals surface area contributed by atoms with Crippen molar-refractivity contribution in [3.63, 3.8) is 0 Å². The maximum absolute atomic E-state index is 10.2. The molecule has 0 saturated heterocycles. The molecule has 8 heteroatoms. The van der Waals surface area contributed by atoms with E-state index in [9.17, 15) is 9.59 Å². The zero-order valence-electron chi connectivity index (χ0n) is 9.18. The van der Waals surface area contributed by atoms with Gasteiger partial charge in [0.2, 0.25) is 0 Å². The van der Waals surface area contributed by atoms with Crippen molar-refractivity contribution < 1.29 is 19.8 Å². The number of rotatable bonds is 2. The Morgan fingerprint density at radius 1 is 1.33 bits per heavy atom. The summed E-state index contributed by atoms with van der Waals surface area (Å²) < 4.78 is 0.507. The fourth-order valence-electron chi connectivity index (χ4n) is 0.957. The predicted octanol–water partition coefficient (Wildman–Crippen LogP) is 2.52. The van der Waals surface area contributed by atoms with Gasteiger partial charge in [-0.05, 0) is 25.1 Å². The first-order chi connectivity index (χ1) is 8.40. The Kier molecular flexibility index (Phi) is 4.87. The normalized spacial score (nSPS) is 9.44. The summed E-state index contributed by atoms with van der Waals surface area (Å²) in [5.74, 6) is -1.92. The van der Waals surface area contributed by atoms with Crippen LogP contribution in [0, 0.1) is 6.92 Å². The lowest BCUT2D eigenvalue weighted by molar-refractivity contribution is 0.0684. The Hall–Kier alpha value is -1.86. The molecule has 0 radical (unpaired) electrons. The number of H-pyrrole nitrogens is 1. The topological polar surface area (TPSA) is 103 Å². The van der Waals surface area contributed by atoms with Gasteiger partial charge in [-0.1, -0.05) is 11.6 Å². The minimum absolute atomic E-state index is 0.0625. The van der Waals surface area contributed by atoms with Crippen LogP contribution in [0.25, 0.3) is 0 Å². The summed E-state index contributed by atoms with van der Waals surface area (Å²) in [6, 6.07) is 4.52. The average molecular weight is 289 g/mol. The van der Waals surface area contributed by atoms with Crippen LogP contribution in [0.4, 0.5) is 0 Å². The van der Waals surface area contributed by atoms with E-state index in [1.165, 1.54) is 12.1 Å². The van der Waals surface area contributed by atoms with Gasteiger partial charge in [0.1, 0.15) is 4.88 Å². The largest absolute Gasteiger partial charge is 0.477 e. The molecule has 0 fully saturated rings. The average Bonchev–Trinajstić information content (AvgIpc) is 2.88. The van der Waals surface area contributed by atoms with Crippen LogP contribution in [-0.2, 0) is 0 Å². The van der Waals surface area contributed by atoms with Crippen LogP contribution in [0.3, 0.4) is 0 Å². The number of carbonyl (C=O) groups is 2. The molecule has 0 bridgehead atoms. The third kappa shape index (κ3) is 4.19. The predicted molar refractivity (Wildman–Crippen MR) is 66.6 cm³/mol. The van der Waals surface area contributed by atoms with Crippen molar-refractivity contribution in [2.75, 3.05) is 0 Å². The highest BCUT2D eigenvalue weighted by molar-refractivity contribution is 7.17. The lowest BCUT2D eigenvalue weighted by Gasteiger charge is -1.79. The number of aromatic nitrogens is 2. The number of nitrogens with zero attached hydrogens (tertiary/aromatic N) is 1. The van der Waals surface area contributed by atoms with Gasteiger partial charge >= 0.3 is 11.9 Å². The van der Waals surface area contributed by atoms with Gasteiger partial charge in [-0.15, -0.1) is 11.3 Å². The first-order valence-electron chi connectivity index (χ1n) is 4.64. The molecule has 0 amide bonds. The summed E-state index contributed by atoms with van der Waals surface area (Å²) in [4.78, 5) is 20.6. The first kappa shape index (κ1) is 14.2. The van der Waals surface area contributed by atoms with Crippen LogP contribution in [0.2, 0.25) is 4.34 Å². The van der Waals surface area contributed by atoms with Crippen molar-refractivity contribution in [1.29, 1.82) is 0 Å². The molecule has 0 spiro atoms. The lowest BCUT2D eigenvalue weighted by atomic mass is 10.4. The molecule has 0 atom stereocenters. The number of hydrogen-bond donors (Lipinski definition) is 3. The van der Waals surface area contributed by atoms with Crippen LogP contribution in [0.1, 0.15) is 25.9 Å². The monoisotopic (exact) mass is 288 g/mol. The number of halogens is 1. The van der Waals surface area contributed by atoms with Gasteiger partial charge in [0.15, 0.2) is 5.69 Å². The highest BCUT2D eigenvalue weighted by Gasteiger charge is 2.04. The Labute approximate surface area is 111 Å². The van der Waals surface area contributed by atoms with Crippen molar-refractivity contribution in [2.24, 2.45) is 0 Å². The van der Waals surface area contributed by atoms with E-state index >= 15 is 0 Å². The number of aromatic carboxylic acids is 2. The van der Waals surface area contributed by atoms with Gasteiger partial charge in [0.25, 0.3) is 0 Å². The molecule has 0 saturated carbocycles. The third-order valence-electron chi connectivity index (χ3n) is 1.71. The molecule has 96 valence electrons. The maximum Gasteiger partial charge on any atom is 0.356 e. The van der Waals surface area contributed by atoms with E-state index in [1.54, 1.807) is 13.0 Å². The Morgan fingerprint density at radius 2 is 2.00 bits per heavy atom. The molecule has 18 heavy (non-hydrogen) atoms. The van der Waals surface area contributed by atoms with Crippen LogP contribution in [-0.4, -0.2) is 32.3 Å². The summed E-state index contributed by atoms with van der Waals surface area (Å²) in [6.07, 6.45) is 0. The fraction of sp³-hybridized carbons (Fsp3) is 0.100. The van der Waals surface area contributed by atoms with Crippen molar-refractivity contribution in [3.05, 3.63) is 38.8 Å². The van der Waals surface area contributed by atoms with E-state index in [1.807, 2.05) is 0 Å². The number of aryl methyl sites for hydroxylation is 1. The summed E-state index contributed by atoms with van der Waals surface area (Å²) >= 11 is 6.52. The van der Waals surface area contributed by atoms with Crippen LogP contribution in [0.15, 0.2) is 18.2 Å². The lowest BCUT2D eigenvalue weighted by Crippen LogP contribution is -1.95. The van der Waals surface area contributed by atoms with Crippen LogP contribution in [0.5, 0.6) is 0 Å². The number of aromatic amines is 1. The molecule has 0 aliphatic rings. The summed E-state index contributed by atoms with van der Waals surface area (Å²) in [5.41, 5.74) is 0.819. The van der Waals surface area contributed by atoms with Crippen molar-refractivity contribution >= 4 is 34.9 Å². The molecule has 0 aliphatic heterocycles. The standard InChI is InChI=1S/C5H3ClO2S.C5H6N2O2/c6-4-2-1-3(9-4)5(7)8;1-3-2-4(5(8)9)7-6-3/h1-2H,(H,7,8);2H,1H3,(H,6,7)(H,8,9). The molecule has 0 aliphatic carbocycles. The van der Waals surface area contributed by atoms with Crippen molar-refractivity contribution in [2.45, 2.75) is 6.92 Å². The van der Waals surface area contributed by atoms with Gasteiger partial charge in [0.05, 0.1) is 4.34 Å². The molecule has 2 aromatic rings. The smallest absolute Gasteiger partial charge is 0.356 e. The highest BCUT2D eigenvalue weighted by atomic mass is 35.5. The van der Waals surface area contributed by atoms with Crippen LogP contribution >= 0.6 is 22.9 Å². The van der Waals surface area contributed by atoms with Gasteiger partial charge in [-0.25, -0.2) is 9.59 Å². The molecule has 2 aromatic heterocycles. The van der Waals surface area contributed by atoms with Gasteiger partial charge in [0, 0.05) is 5.69 Å². The van der Waals surface area contributed by atoms with E-state index in [-0.39, 0.29) is 10.6 Å². The zero-order chi connectivity index (χ0) is 13.7. The number of nitrogens with one attached hydrogen (secondary N) is 1. The van der Waals surface area contributed by atoms with E-state index in [0.29, 0.717) is 4.34 Å². The van der Waals surface area contributed by atoms with Gasteiger partial charge in [-0.3, -0.25) is 5.10 Å². The zero-order valence-corrected chi connectivity index (χ0v) is 10.7. The van der Waals surface area contributed by atoms with E-state index in [4.69, 9.17) is 21.8 Å². The van der Waals surface area contributed by atoms with Gasteiger partial charge in [-0.2, -0.15) is 5.10 Å². The molecule has 6 nitrogen and oxygen atoms in total. The summed E-state index contributed by atoms with van der Waals surface area (Å²) in [6.45, 7) is 1.75. The number of hydrogen-bond acceptors (Lipinski definition) is 4. The number of carboxylic acid groups (broad SMARTS) is 2. The second-order valence-corrected chi connectivity index (χ2v) is 4.87. The third-order valence-corrected chi connectivity index (χ3v) is 2.93. The molecule has 2 rings (SSSR count). The molecule has 2 heterocycles. The number of carboxylic acids is 2. The minimum Gasteiger partial charge on any atom is -0.477 e. The highest BCUT2D eigenvalue weighted by Crippen LogP contribution is 2.20. The SMILES string of the molecule is Cc1cc(C(=O)O)n[nH]1.O=C(O)c1ccc(Cl)s1. The van der Waals surface area contributed by atoms with E-state index < -0.39 is 11.9 Å². The molecule has 0 unspecified atom stereocenters. The maximum atomic E-state index is 10.2. The molecular weight excluding hydrogens is 280 g/mol.